The van der Waals surface area contributed by atoms with E-state index in [1.807, 2.05) is 0 Å². The summed E-state index contributed by atoms with van der Waals surface area (Å²) in [4.78, 5) is 24.1. The van der Waals surface area contributed by atoms with Gasteiger partial charge in [0.15, 0.2) is 23.3 Å². The average molecular weight is 668 g/mol. The third kappa shape index (κ3) is 6.35. The molecule has 6 rings (SSSR count). The maximum atomic E-state index is 15.5. The van der Waals surface area contributed by atoms with E-state index >= 15 is 13.2 Å². The molecule has 4 aromatic heterocycles. The van der Waals surface area contributed by atoms with E-state index in [-0.39, 0.29) is 41.9 Å². The van der Waals surface area contributed by atoms with Crippen LogP contribution >= 0.6 is 11.6 Å². The molecule has 0 unspecified atom stereocenters. The molecule has 0 aliphatic carbocycles. The maximum Gasteiger partial charge on any atom is 0.335 e. The minimum Gasteiger partial charge on any atom is -0.478 e. The number of hydrogen-bond acceptors (Lipinski definition) is 8. The number of fused-ring (bicyclic) bond motifs is 1. The molecule has 0 radical (unpaired) electrons. The largest absolute Gasteiger partial charge is 0.478 e. The first-order valence-electron chi connectivity index (χ1n) is 13.8. The van der Waals surface area contributed by atoms with Crippen molar-refractivity contribution in [3.8, 4) is 23.0 Å². The molecule has 1 N–H and O–H groups in total. The van der Waals surface area contributed by atoms with Gasteiger partial charge in [-0.15, -0.1) is 5.10 Å². The highest BCUT2D eigenvalue weighted by atomic mass is 35.5. The minimum atomic E-state index is -1.49. The predicted octanol–water partition coefficient (Wildman–Crippen LogP) is 5.80. The topological polar surface area (TPSA) is 130 Å². The Morgan fingerprint density at radius 3 is 2.57 bits per heavy atom. The van der Waals surface area contributed by atoms with Crippen LogP contribution in [0.15, 0.2) is 61.1 Å². The van der Waals surface area contributed by atoms with Gasteiger partial charge in [0.25, 0.3) is 5.88 Å². The summed E-state index contributed by atoms with van der Waals surface area (Å²) in [6.45, 7) is 0.0927. The first-order chi connectivity index (χ1) is 22.6. The molecule has 0 bridgehead atoms. The standard InChI is InChI=1S/C31H22ClF4N7O4/c1-46-9-8-42-25-10-16(31(44)45)2-4-24(25)39-27(42)12-18-22(34)11-19(29(36)28(18)35)23-5-3-21(33)30(40-23)47-15-17-14-37-26(13-20(17)32)43-7-6-38-41-43/h2-7,10-11,13-14H,8-9,12,15H2,1H3,(H,44,45). The van der Waals surface area contributed by atoms with Gasteiger partial charge < -0.3 is 19.1 Å². The summed E-state index contributed by atoms with van der Waals surface area (Å²) in [5, 5.41) is 17.1. The smallest absolute Gasteiger partial charge is 0.335 e. The lowest BCUT2D eigenvalue weighted by Gasteiger charge is -2.13. The molecule has 11 nitrogen and oxygen atoms in total. The van der Waals surface area contributed by atoms with Crippen molar-refractivity contribution >= 4 is 28.6 Å². The molecule has 0 saturated heterocycles. The van der Waals surface area contributed by atoms with Gasteiger partial charge in [0.1, 0.15) is 18.2 Å². The van der Waals surface area contributed by atoms with Gasteiger partial charge in [-0.1, -0.05) is 16.8 Å². The zero-order valence-corrected chi connectivity index (χ0v) is 25.1. The number of imidazole rings is 1. The number of ether oxygens (including phenoxy) is 2. The summed E-state index contributed by atoms with van der Waals surface area (Å²) >= 11 is 6.32. The van der Waals surface area contributed by atoms with Gasteiger partial charge in [0.2, 0.25) is 0 Å². The van der Waals surface area contributed by atoms with Crippen molar-refractivity contribution in [1.29, 1.82) is 0 Å². The van der Waals surface area contributed by atoms with Crippen LogP contribution in [0.1, 0.15) is 27.3 Å². The molecule has 0 aliphatic rings. The van der Waals surface area contributed by atoms with Crippen LogP contribution in [-0.2, 0) is 24.3 Å². The van der Waals surface area contributed by atoms with Crippen LogP contribution in [0.3, 0.4) is 0 Å². The Hall–Kier alpha value is -5.41. The van der Waals surface area contributed by atoms with Crippen LogP contribution in [0, 0.1) is 23.3 Å². The van der Waals surface area contributed by atoms with E-state index in [0.29, 0.717) is 22.4 Å². The van der Waals surface area contributed by atoms with Crippen LogP contribution in [0.5, 0.6) is 5.88 Å². The Kier molecular flexibility index (Phi) is 8.82. The number of carboxylic acid groups (broad SMARTS) is 1. The summed E-state index contributed by atoms with van der Waals surface area (Å²) in [6.07, 6.45) is 3.95. The van der Waals surface area contributed by atoms with Crippen molar-refractivity contribution in [2.75, 3.05) is 13.7 Å². The van der Waals surface area contributed by atoms with Gasteiger partial charge in [-0.05, 0) is 36.4 Å². The average Bonchev–Trinajstić information content (AvgIpc) is 3.72. The van der Waals surface area contributed by atoms with E-state index in [2.05, 4.69) is 25.3 Å². The monoisotopic (exact) mass is 667 g/mol. The van der Waals surface area contributed by atoms with Gasteiger partial charge in [0, 0.05) is 49.0 Å². The zero-order chi connectivity index (χ0) is 33.2. The first kappa shape index (κ1) is 31.6. The number of halogens is 5. The number of aromatic carboxylic acids is 1. The van der Waals surface area contributed by atoms with Crippen molar-refractivity contribution in [1.82, 2.24) is 34.5 Å². The molecular weight excluding hydrogens is 646 g/mol. The highest BCUT2D eigenvalue weighted by molar-refractivity contribution is 6.31. The van der Waals surface area contributed by atoms with Crippen molar-refractivity contribution in [3.63, 3.8) is 0 Å². The van der Waals surface area contributed by atoms with Crippen LogP contribution in [0.2, 0.25) is 5.02 Å². The van der Waals surface area contributed by atoms with Gasteiger partial charge in [-0.2, -0.15) is 0 Å². The first-order valence-corrected chi connectivity index (χ1v) is 14.2. The number of hydrogen-bond donors (Lipinski definition) is 1. The number of benzene rings is 2. The molecule has 0 spiro atoms. The number of pyridine rings is 2. The molecule has 47 heavy (non-hydrogen) atoms. The SMILES string of the molecule is COCCn1c(Cc2c(F)cc(-c3ccc(F)c(OCc4cnc(-n5ccnn5)cc4Cl)n3)c(F)c2F)nc2ccc(C(=O)O)cc21. The zero-order valence-electron chi connectivity index (χ0n) is 24.3. The van der Waals surface area contributed by atoms with Crippen LogP contribution in [0.25, 0.3) is 28.1 Å². The van der Waals surface area contributed by atoms with Crippen LogP contribution < -0.4 is 4.74 Å². The number of nitrogens with zero attached hydrogens (tertiary/aromatic N) is 7. The molecule has 240 valence electrons. The second-order valence-corrected chi connectivity index (χ2v) is 10.5. The molecular formula is C31H22ClF4N7O4. The Labute approximate surface area is 268 Å². The molecule has 0 aliphatic heterocycles. The van der Waals surface area contributed by atoms with Crippen LogP contribution in [-0.4, -0.2) is 59.3 Å². The summed E-state index contributed by atoms with van der Waals surface area (Å²) in [6, 6.07) is 8.46. The Bertz CT molecular complexity index is 2130. The van der Waals surface area contributed by atoms with E-state index in [0.717, 1.165) is 18.2 Å². The lowest BCUT2D eigenvalue weighted by atomic mass is 10.0. The summed E-state index contributed by atoms with van der Waals surface area (Å²) in [7, 11) is 1.46. The van der Waals surface area contributed by atoms with Gasteiger partial charge >= 0.3 is 5.97 Å². The van der Waals surface area contributed by atoms with E-state index in [1.54, 1.807) is 10.8 Å². The molecule has 4 heterocycles. The number of methoxy groups -OCH3 is 1. The maximum absolute atomic E-state index is 15.5. The quantitative estimate of drug-likeness (QED) is 0.135. The molecule has 16 heteroatoms. The van der Waals surface area contributed by atoms with Crippen molar-refractivity contribution in [2.24, 2.45) is 0 Å². The summed E-state index contributed by atoms with van der Waals surface area (Å²) < 4.78 is 74.7. The fourth-order valence-corrected chi connectivity index (χ4v) is 5.04. The fourth-order valence-electron chi connectivity index (χ4n) is 4.84. The Balaban J connectivity index is 1.28. The minimum absolute atomic E-state index is 0.00801. The Morgan fingerprint density at radius 2 is 1.85 bits per heavy atom. The van der Waals surface area contributed by atoms with E-state index in [4.69, 9.17) is 21.1 Å². The summed E-state index contributed by atoms with van der Waals surface area (Å²) in [5.41, 5.74) is -0.330. The van der Waals surface area contributed by atoms with E-state index in [1.165, 1.54) is 48.5 Å². The second kappa shape index (κ2) is 13.1. The van der Waals surface area contributed by atoms with Crippen molar-refractivity contribution in [3.05, 3.63) is 112 Å². The lowest BCUT2D eigenvalue weighted by Crippen LogP contribution is -2.11. The number of rotatable bonds is 11. The third-order valence-corrected chi connectivity index (χ3v) is 7.56. The third-order valence-electron chi connectivity index (χ3n) is 7.21. The molecule has 0 amide bonds. The molecule has 2 aromatic carbocycles. The molecule has 6 aromatic rings. The van der Waals surface area contributed by atoms with Gasteiger partial charge in [-0.25, -0.2) is 42.0 Å². The molecule has 0 saturated carbocycles. The lowest BCUT2D eigenvalue weighted by molar-refractivity contribution is 0.0697. The van der Waals surface area contributed by atoms with Gasteiger partial charge in [-0.3, -0.25) is 0 Å². The normalized spacial score (nSPS) is 11.4. The number of carbonyl (C=O) groups is 1. The Morgan fingerprint density at radius 1 is 1.02 bits per heavy atom. The highest BCUT2D eigenvalue weighted by Gasteiger charge is 2.24. The fraction of sp³-hybridized carbons (Fsp3) is 0.161. The van der Waals surface area contributed by atoms with E-state index in [9.17, 15) is 14.3 Å². The highest BCUT2D eigenvalue weighted by Crippen LogP contribution is 2.32. The van der Waals surface area contributed by atoms with Gasteiger partial charge in [0.05, 0.1) is 46.3 Å². The number of aromatic nitrogens is 7. The number of carboxylic acids is 1. The second-order valence-electron chi connectivity index (χ2n) is 10.1. The molecule has 0 atom stereocenters. The van der Waals surface area contributed by atoms with Crippen molar-refractivity contribution in [2.45, 2.75) is 19.6 Å². The van der Waals surface area contributed by atoms with Crippen LogP contribution in [0.4, 0.5) is 17.6 Å². The van der Waals surface area contributed by atoms with E-state index < -0.39 is 52.7 Å². The predicted molar refractivity (Wildman–Crippen MR) is 159 cm³/mol. The summed E-state index contributed by atoms with van der Waals surface area (Å²) in [5.74, 6) is -6.11. The van der Waals surface area contributed by atoms with Crippen molar-refractivity contribution < 1.29 is 36.9 Å². The molecule has 0 fully saturated rings.